The highest BCUT2D eigenvalue weighted by Crippen LogP contribution is 2.92. The van der Waals surface area contributed by atoms with Crippen molar-refractivity contribution in [2.24, 2.45) is 23.2 Å². The molecule has 2 unspecified atom stereocenters. The number of hydrogen-bond acceptors (Lipinski definition) is 6. The van der Waals surface area contributed by atoms with Crippen molar-refractivity contribution in [2.75, 3.05) is 12.4 Å². The number of aromatic nitrogens is 4. The van der Waals surface area contributed by atoms with Crippen molar-refractivity contribution in [3.63, 3.8) is 0 Å². The molecule has 2 aromatic heterocycles. The van der Waals surface area contributed by atoms with E-state index in [1.54, 1.807) is 29.3 Å². The van der Waals surface area contributed by atoms with Gasteiger partial charge in [0.15, 0.2) is 0 Å². The number of methoxy groups -OCH3 is 1. The molecule has 0 bridgehead atoms. The zero-order chi connectivity index (χ0) is 22.4. The van der Waals surface area contributed by atoms with Crippen LogP contribution in [0.2, 0.25) is 5.02 Å². The van der Waals surface area contributed by atoms with Crippen LogP contribution in [-0.2, 0) is 16.7 Å². The fraction of sp³-hybridized carbons (Fsp3) is 0.440. The van der Waals surface area contributed by atoms with Gasteiger partial charge in [-0.1, -0.05) is 23.7 Å². The lowest BCUT2D eigenvalue weighted by Gasteiger charge is -2.91. The zero-order valence-electron chi connectivity index (χ0n) is 18.3. The van der Waals surface area contributed by atoms with Crippen molar-refractivity contribution in [3.8, 4) is 0 Å². The second kappa shape index (κ2) is 6.56. The third-order valence-electron chi connectivity index (χ3n) is 9.10. The van der Waals surface area contributed by atoms with Crippen LogP contribution in [0.3, 0.4) is 0 Å². The summed E-state index contributed by atoms with van der Waals surface area (Å²) < 4.78 is 6.54. The standard InChI is InChI=1S/C25H24ClN5O2/c1-33-22(32)19-3-2-6-27-21(19)29-23-28-13-31(30-23)12-14-4-5-15(9-20(14)26)24-10-17-7-16-8-18(11-24)25(16,17)24/h2-6,9,13,16-18H,7-8,10-12H2,1H3,(H,27,29,30). The molecule has 4 aliphatic rings. The number of hydrogen-bond donors (Lipinski definition) is 1. The topological polar surface area (TPSA) is 81.9 Å². The molecule has 3 aromatic rings. The molecule has 1 aromatic carbocycles. The third-order valence-corrected chi connectivity index (χ3v) is 9.45. The van der Waals surface area contributed by atoms with Gasteiger partial charge in [0, 0.05) is 16.6 Å². The number of carbonyl (C=O) groups is 1. The molecule has 8 heteroatoms. The molecule has 2 heterocycles. The first kappa shape index (κ1) is 19.5. The van der Waals surface area contributed by atoms with Gasteiger partial charge in [-0.2, -0.15) is 0 Å². The average molecular weight is 462 g/mol. The highest BCUT2D eigenvalue weighted by Gasteiger charge is 2.87. The van der Waals surface area contributed by atoms with Crippen LogP contribution in [0, 0.1) is 23.2 Å². The molecule has 7 rings (SSSR count). The number of nitrogens with zero attached hydrogens (tertiary/aromatic N) is 4. The van der Waals surface area contributed by atoms with Crippen molar-refractivity contribution < 1.29 is 9.53 Å². The number of carbonyl (C=O) groups excluding carboxylic acids is 1. The van der Waals surface area contributed by atoms with E-state index in [1.165, 1.54) is 38.4 Å². The molecule has 7 nitrogen and oxygen atoms in total. The zero-order valence-corrected chi connectivity index (χ0v) is 19.0. The minimum Gasteiger partial charge on any atom is -0.465 e. The van der Waals surface area contributed by atoms with E-state index in [-0.39, 0.29) is 0 Å². The van der Waals surface area contributed by atoms with E-state index in [0.717, 1.165) is 28.3 Å². The molecule has 0 saturated heterocycles. The number of benzene rings is 1. The van der Waals surface area contributed by atoms with Crippen molar-refractivity contribution in [2.45, 2.75) is 37.6 Å². The first-order valence-corrected chi connectivity index (χ1v) is 11.9. The van der Waals surface area contributed by atoms with Gasteiger partial charge in [-0.05, 0) is 78.2 Å². The van der Waals surface area contributed by atoms with Gasteiger partial charge >= 0.3 is 5.97 Å². The molecule has 4 saturated carbocycles. The number of nitrogens with one attached hydrogen (secondary N) is 1. The molecule has 1 spiro atoms. The van der Waals surface area contributed by atoms with Crippen molar-refractivity contribution in [1.29, 1.82) is 0 Å². The van der Waals surface area contributed by atoms with E-state index in [1.807, 2.05) is 0 Å². The van der Waals surface area contributed by atoms with Crippen LogP contribution >= 0.6 is 11.6 Å². The highest BCUT2D eigenvalue weighted by molar-refractivity contribution is 6.31. The quantitative estimate of drug-likeness (QED) is 0.540. The summed E-state index contributed by atoms with van der Waals surface area (Å²) in [7, 11) is 1.34. The van der Waals surface area contributed by atoms with Crippen molar-refractivity contribution >= 4 is 29.3 Å². The predicted molar refractivity (Wildman–Crippen MR) is 122 cm³/mol. The largest absolute Gasteiger partial charge is 0.465 e. The number of anilines is 2. The first-order valence-electron chi connectivity index (χ1n) is 11.5. The summed E-state index contributed by atoms with van der Waals surface area (Å²) in [6.45, 7) is 0.520. The maximum absolute atomic E-state index is 12.0. The van der Waals surface area contributed by atoms with E-state index in [9.17, 15) is 4.79 Å². The highest BCUT2D eigenvalue weighted by atomic mass is 35.5. The van der Waals surface area contributed by atoms with E-state index >= 15 is 0 Å². The Balaban J connectivity index is 1.08. The van der Waals surface area contributed by atoms with Crippen LogP contribution in [-0.4, -0.2) is 32.8 Å². The molecule has 0 radical (unpaired) electrons. The Morgan fingerprint density at radius 1 is 1.21 bits per heavy atom. The van der Waals surface area contributed by atoms with Crippen LogP contribution in [0.4, 0.5) is 11.8 Å². The summed E-state index contributed by atoms with van der Waals surface area (Å²) in [4.78, 5) is 20.5. The molecule has 2 atom stereocenters. The van der Waals surface area contributed by atoms with Crippen molar-refractivity contribution in [3.05, 3.63) is 64.6 Å². The van der Waals surface area contributed by atoms with E-state index in [4.69, 9.17) is 16.3 Å². The monoisotopic (exact) mass is 461 g/mol. The fourth-order valence-corrected chi connectivity index (χ4v) is 8.12. The van der Waals surface area contributed by atoms with E-state index in [0.29, 0.717) is 34.7 Å². The Hall–Kier alpha value is -2.93. The summed E-state index contributed by atoms with van der Waals surface area (Å²) in [6, 6.07) is 9.97. The molecule has 33 heavy (non-hydrogen) atoms. The molecule has 1 N–H and O–H groups in total. The Kier molecular flexibility index (Phi) is 3.89. The molecule has 0 amide bonds. The number of halogens is 1. The smallest absolute Gasteiger partial charge is 0.341 e. The molecule has 168 valence electrons. The van der Waals surface area contributed by atoms with Crippen LogP contribution in [0.15, 0.2) is 42.9 Å². The lowest BCUT2D eigenvalue weighted by atomic mass is 9.12. The van der Waals surface area contributed by atoms with Gasteiger partial charge in [-0.15, -0.1) is 5.10 Å². The maximum Gasteiger partial charge on any atom is 0.341 e. The van der Waals surface area contributed by atoms with Crippen LogP contribution in [0.25, 0.3) is 0 Å². The molecule has 0 aliphatic heterocycles. The summed E-state index contributed by atoms with van der Waals surface area (Å²) >= 11 is 6.76. The Morgan fingerprint density at radius 2 is 2.03 bits per heavy atom. The summed E-state index contributed by atoms with van der Waals surface area (Å²) in [5, 5.41) is 8.27. The maximum atomic E-state index is 12.0. The molecule has 4 aliphatic carbocycles. The molecular formula is C25H24ClN5O2. The Labute approximate surface area is 196 Å². The minimum absolute atomic E-state index is 0.324. The summed E-state index contributed by atoms with van der Waals surface area (Å²) in [6.07, 6.45) is 8.88. The average Bonchev–Trinajstić information content (AvgIpc) is 3.20. The fourth-order valence-electron chi connectivity index (χ4n) is 7.88. The minimum atomic E-state index is -0.471. The number of pyridine rings is 1. The van der Waals surface area contributed by atoms with E-state index in [2.05, 4.69) is 38.6 Å². The van der Waals surface area contributed by atoms with Gasteiger partial charge in [0.05, 0.1) is 13.7 Å². The van der Waals surface area contributed by atoms with Crippen LogP contribution in [0.1, 0.15) is 47.2 Å². The van der Waals surface area contributed by atoms with Crippen molar-refractivity contribution in [1.82, 2.24) is 19.7 Å². The lowest BCUT2D eigenvalue weighted by Crippen LogP contribution is -2.87. The molecular weight excluding hydrogens is 438 g/mol. The first-order chi connectivity index (χ1) is 16.0. The van der Waals surface area contributed by atoms with Gasteiger partial charge in [0.1, 0.15) is 17.7 Å². The number of ether oxygens (including phenoxy) is 1. The predicted octanol–water partition coefficient (Wildman–Crippen LogP) is 4.59. The third kappa shape index (κ3) is 2.36. The Morgan fingerprint density at radius 3 is 2.73 bits per heavy atom. The second-order valence-electron chi connectivity index (χ2n) is 10.1. The number of esters is 1. The molecule has 4 fully saturated rings. The second-order valence-corrected chi connectivity index (χ2v) is 10.5. The van der Waals surface area contributed by atoms with Gasteiger partial charge in [-0.25, -0.2) is 19.4 Å². The van der Waals surface area contributed by atoms with Gasteiger partial charge in [-0.3, -0.25) is 0 Å². The van der Waals surface area contributed by atoms with Gasteiger partial charge in [0.25, 0.3) is 0 Å². The summed E-state index contributed by atoms with van der Waals surface area (Å²) in [5.74, 6) is 3.18. The van der Waals surface area contributed by atoms with Crippen LogP contribution in [0.5, 0.6) is 0 Å². The van der Waals surface area contributed by atoms with Gasteiger partial charge < -0.3 is 10.1 Å². The Bertz CT molecular complexity index is 1280. The summed E-state index contributed by atoms with van der Waals surface area (Å²) in [5.41, 5.74) is 3.85. The lowest BCUT2D eigenvalue weighted by molar-refractivity contribution is -0.395. The number of rotatable bonds is 6. The SMILES string of the molecule is COC(=O)c1cccnc1Nc1ncn(Cc2ccc(C34CC5CC6CC(C3)C654)cc2Cl)n1. The van der Waals surface area contributed by atoms with Gasteiger partial charge in [0.2, 0.25) is 5.95 Å². The normalized spacial score (nSPS) is 32.2. The van der Waals surface area contributed by atoms with E-state index < -0.39 is 5.97 Å². The van der Waals surface area contributed by atoms with Crippen LogP contribution < -0.4 is 5.32 Å².